The second-order valence-electron chi connectivity index (χ2n) is 5.24. The molecular weight excluding hydrogens is 412 g/mol. The summed E-state index contributed by atoms with van der Waals surface area (Å²) in [6, 6.07) is 5.16. The number of benzene rings is 1. The molecule has 0 aliphatic rings. The largest absolute Gasteiger partial charge is 0.417 e. The number of hydrogen-bond acceptors (Lipinski definition) is 4. The van der Waals surface area contributed by atoms with Crippen LogP contribution >= 0.6 is 11.6 Å². The monoisotopic (exact) mass is 420 g/mol. The van der Waals surface area contributed by atoms with Crippen molar-refractivity contribution in [1.29, 1.82) is 0 Å². The van der Waals surface area contributed by atoms with Crippen LogP contribution in [0.1, 0.15) is 5.56 Å². The predicted molar refractivity (Wildman–Crippen MR) is 88.6 cm³/mol. The van der Waals surface area contributed by atoms with E-state index in [0.29, 0.717) is 12.3 Å². The van der Waals surface area contributed by atoms with Crippen molar-refractivity contribution in [3.63, 3.8) is 0 Å². The minimum Gasteiger partial charge on any atom is -0.278 e. The molecule has 0 bridgehead atoms. The van der Waals surface area contributed by atoms with Crippen LogP contribution in [0.3, 0.4) is 0 Å². The Kier molecular flexibility index (Phi) is 4.82. The summed E-state index contributed by atoms with van der Waals surface area (Å²) in [7, 11) is -4.21. The van der Waals surface area contributed by atoms with Gasteiger partial charge in [-0.05, 0) is 30.3 Å². The van der Waals surface area contributed by atoms with Crippen LogP contribution in [0, 0.1) is 5.82 Å². The lowest BCUT2D eigenvalue weighted by Gasteiger charge is -2.13. The van der Waals surface area contributed by atoms with Gasteiger partial charge in [0, 0.05) is 11.9 Å². The maximum absolute atomic E-state index is 12.9. The molecule has 1 N–H and O–H groups in total. The van der Waals surface area contributed by atoms with E-state index in [0.717, 1.165) is 29.2 Å². The van der Waals surface area contributed by atoms with Crippen LogP contribution in [-0.2, 0) is 16.2 Å². The summed E-state index contributed by atoms with van der Waals surface area (Å²) >= 11 is 5.86. The molecule has 3 rings (SSSR count). The van der Waals surface area contributed by atoms with Crippen molar-refractivity contribution in [1.82, 2.24) is 14.5 Å². The highest BCUT2D eigenvalue weighted by molar-refractivity contribution is 7.92. The predicted octanol–water partition coefficient (Wildman–Crippen LogP) is 3.88. The third-order valence-corrected chi connectivity index (χ3v) is 4.99. The van der Waals surface area contributed by atoms with E-state index in [2.05, 4.69) is 14.7 Å². The van der Waals surface area contributed by atoms with E-state index in [1.807, 2.05) is 0 Å². The molecule has 6 nitrogen and oxygen atoms in total. The molecule has 0 unspecified atom stereocenters. The Bertz CT molecular complexity index is 1080. The molecule has 0 fully saturated rings. The SMILES string of the molecule is O=S(=O)(Nc1ccc(F)cc1)c1cncn1-c1ncc(C(F)(F)F)cc1Cl. The van der Waals surface area contributed by atoms with Crippen LogP contribution in [0.2, 0.25) is 5.02 Å². The van der Waals surface area contributed by atoms with E-state index in [4.69, 9.17) is 11.6 Å². The molecule has 142 valence electrons. The van der Waals surface area contributed by atoms with Crippen LogP contribution in [0.5, 0.6) is 0 Å². The maximum atomic E-state index is 12.9. The summed E-state index contributed by atoms with van der Waals surface area (Å²) in [6.07, 6.45) is -2.10. The smallest absolute Gasteiger partial charge is 0.278 e. The highest BCUT2D eigenvalue weighted by atomic mass is 35.5. The van der Waals surface area contributed by atoms with Crippen molar-refractivity contribution < 1.29 is 26.0 Å². The third-order valence-electron chi connectivity index (χ3n) is 3.35. The van der Waals surface area contributed by atoms with Gasteiger partial charge in [0.15, 0.2) is 10.8 Å². The lowest BCUT2D eigenvalue weighted by molar-refractivity contribution is -0.137. The molecule has 1 aromatic carbocycles. The van der Waals surface area contributed by atoms with E-state index in [-0.39, 0.29) is 11.5 Å². The van der Waals surface area contributed by atoms with Crippen molar-refractivity contribution in [2.45, 2.75) is 11.2 Å². The Morgan fingerprint density at radius 1 is 1.11 bits per heavy atom. The number of rotatable bonds is 4. The summed E-state index contributed by atoms with van der Waals surface area (Å²) in [6.45, 7) is 0. The Morgan fingerprint density at radius 2 is 1.78 bits per heavy atom. The highest BCUT2D eigenvalue weighted by Crippen LogP contribution is 2.32. The van der Waals surface area contributed by atoms with Crippen molar-refractivity contribution in [2.75, 3.05) is 4.72 Å². The first-order chi connectivity index (χ1) is 12.6. The molecular formula is C15H9ClF4N4O2S. The molecule has 0 saturated carbocycles. The lowest BCUT2D eigenvalue weighted by Crippen LogP contribution is -2.17. The van der Waals surface area contributed by atoms with Gasteiger partial charge in [0.2, 0.25) is 0 Å². The van der Waals surface area contributed by atoms with Crippen LogP contribution in [-0.4, -0.2) is 23.0 Å². The average Bonchev–Trinajstić information content (AvgIpc) is 3.06. The summed E-state index contributed by atoms with van der Waals surface area (Å²) in [5.41, 5.74) is -0.999. The Balaban J connectivity index is 1.99. The normalized spacial score (nSPS) is 12.2. The lowest BCUT2D eigenvalue weighted by atomic mass is 10.3. The molecule has 0 spiro atoms. The zero-order valence-electron chi connectivity index (χ0n) is 13.1. The molecule has 2 aromatic heterocycles. The van der Waals surface area contributed by atoms with Gasteiger partial charge in [0.25, 0.3) is 10.0 Å². The van der Waals surface area contributed by atoms with Gasteiger partial charge in [0.1, 0.15) is 12.1 Å². The van der Waals surface area contributed by atoms with Gasteiger partial charge < -0.3 is 0 Å². The molecule has 0 radical (unpaired) electrons. The third kappa shape index (κ3) is 4.03. The summed E-state index contributed by atoms with van der Waals surface area (Å²) < 4.78 is 79.4. The fraction of sp³-hybridized carbons (Fsp3) is 0.0667. The molecule has 27 heavy (non-hydrogen) atoms. The van der Waals surface area contributed by atoms with E-state index in [1.54, 1.807) is 0 Å². The number of pyridine rings is 1. The number of imidazole rings is 1. The first-order valence-corrected chi connectivity index (χ1v) is 8.98. The molecule has 0 amide bonds. The van der Waals surface area contributed by atoms with E-state index in [9.17, 15) is 26.0 Å². The Morgan fingerprint density at radius 3 is 2.37 bits per heavy atom. The van der Waals surface area contributed by atoms with Gasteiger partial charge in [-0.15, -0.1) is 0 Å². The summed E-state index contributed by atoms with van der Waals surface area (Å²) in [5, 5.41) is -0.831. The first-order valence-electron chi connectivity index (χ1n) is 7.12. The van der Waals surface area contributed by atoms with Gasteiger partial charge in [-0.2, -0.15) is 21.6 Å². The van der Waals surface area contributed by atoms with Crippen molar-refractivity contribution in [3.05, 3.63) is 65.5 Å². The standard InChI is InChI=1S/C15H9ClF4N4O2S/c16-12-5-9(15(18,19)20)6-22-14(12)24-8-21-7-13(24)27(25,26)23-11-3-1-10(17)2-4-11/h1-8,23H. The van der Waals surface area contributed by atoms with Crippen LogP contribution in [0.25, 0.3) is 5.82 Å². The zero-order chi connectivity index (χ0) is 19.8. The van der Waals surface area contributed by atoms with Crippen molar-refractivity contribution in [2.24, 2.45) is 0 Å². The number of anilines is 1. The Hall–Kier alpha value is -2.66. The van der Waals surface area contributed by atoms with Gasteiger partial charge in [-0.3, -0.25) is 9.29 Å². The number of aromatic nitrogens is 3. The van der Waals surface area contributed by atoms with E-state index >= 15 is 0 Å². The van der Waals surface area contributed by atoms with Gasteiger partial charge in [-0.1, -0.05) is 11.6 Å². The van der Waals surface area contributed by atoms with Crippen molar-refractivity contribution in [3.8, 4) is 5.82 Å². The molecule has 0 saturated heterocycles. The molecule has 3 aromatic rings. The number of nitrogens with zero attached hydrogens (tertiary/aromatic N) is 3. The average molecular weight is 421 g/mol. The van der Waals surface area contributed by atoms with Gasteiger partial charge >= 0.3 is 6.18 Å². The quantitative estimate of drug-likeness (QED) is 0.650. The second-order valence-corrected chi connectivity index (χ2v) is 7.28. The molecule has 0 atom stereocenters. The summed E-state index contributed by atoms with van der Waals surface area (Å²) in [4.78, 5) is 7.30. The number of sulfonamides is 1. The van der Waals surface area contributed by atoms with Crippen molar-refractivity contribution >= 4 is 27.3 Å². The number of hydrogen-bond donors (Lipinski definition) is 1. The first kappa shape index (κ1) is 19.1. The van der Waals surface area contributed by atoms with Gasteiger partial charge in [0.05, 0.1) is 16.8 Å². The van der Waals surface area contributed by atoms with Crippen LogP contribution < -0.4 is 4.72 Å². The fourth-order valence-electron chi connectivity index (χ4n) is 2.13. The number of halogens is 5. The fourth-order valence-corrected chi connectivity index (χ4v) is 3.53. The summed E-state index contributed by atoms with van der Waals surface area (Å²) in [5.74, 6) is -0.801. The number of alkyl halides is 3. The minimum atomic E-state index is -4.65. The maximum Gasteiger partial charge on any atom is 0.417 e. The molecule has 0 aliphatic heterocycles. The van der Waals surface area contributed by atoms with E-state index < -0.39 is 37.6 Å². The van der Waals surface area contributed by atoms with E-state index in [1.165, 1.54) is 12.1 Å². The number of nitrogens with one attached hydrogen (secondary N) is 1. The molecule has 0 aliphatic carbocycles. The van der Waals surface area contributed by atoms with Crippen LogP contribution in [0.4, 0.5) is 23.2 Å². The van der Waals surface area contributed by atoms with Gasteiger partial charge in [-0.25, -0.2) is 14.4 Å². The molecule has 12 heteroatoms. The second kappa shape index (κ2) is 6.82. The topological polar surface area (TPSA) is 76.9 Å². The zero-order valence-corrected chi connectivity index (χ0v) is 14.6. The minimum absolute atomic E-state index is 0.0793. The molecule has 2 heterocycles. The Labute approximate surface area is 155 Å². The highest BCUT2D eigenvalue weighted by Gasteiger charge is 2.32. The van der Waals surface area contributed by atoms with Crippen LogP contribution in [0.15, 0.2) is 54.1 Å².